The molecule has 0 aromatic carbocycles. The van der Waals surface area contributed by atoms with Crippen LogP contribution in [-0.2, 0) is 4.74 Å². The van der Waals surface area contributed by atoms with Crippen molar-refractivity contribution >= 4 is 23.2 Å². The number of aliphatic hydroxyl groups excluding tert-OH is 1. The van der Waals surface area contributed by atoms with Gasteiger partial charge in [-0.05, 0) is 46.1 Å². The summed E-state index contributed by atoms with van der Waals surface area (Å²) in [6.07, 6.45) is 4.79. The van der Waals surface area contributed by atoms with Gasteiger partial charge in [-0.2, -0.15) is 10.2 Å². The fourth-order valence-corrected chi connectivity index (χ4v) is 3.72. The number of nitrogens with one attached hydrogen (secondary N) is 3. The van der Waals surface area contributed by atoms with Crippen molar-refractivity contribution in [3.8, 4) is 0 Å². The van der Waals surface area contributed by atoms with Crippen LogP contribution in [-0.4, -0.2) is 48.1 Å². The fourth-order valence-electron chi connectivity index (χ4n) is 3.72. The molecule has 4 rings (SSSR count). The van der Waals surface area contributed by atoms with Gasteiger partial charge < -0.3 is 20.5 Å². The largest absolute Gasteiger partial charge is 0.446 e. The topological polar surface area (TPSA) is 129 Å². The average molecular weight is 413 g/mol. The van der Waals surface area contributed by atoms with E-state index in [-0.39, 0.29) is 24.2 Å². The van der Waals surface area contributed by atoms with Crippen molar-refractivity contribution < 1.29 is 14.6 Å². The second kappa shape index (κ2) is 8.31. The number of alkyl carbamates (subject to hydrolysis) is 1. The Morgan fingerprint density at radius 1 is 1.33 bits per heavy atom. The summed E-state index contributed by atoms with van der Waals surface area (Å²) >= 11 is 0. The SMILES string of the molecule is CC(C)NC(=O)O[C@@H]1CC[C@H](c2cc(Nc3nccn4nc([C@H](C)O)cc34)n[nH]2)C1. The maximum atomic E-state index is 11.8. The molecule has 0 saturated heterocycles. The fraction of sp³-hybridized carbons (Fsp3) is 0.500. The van der Waals surface area contributed by atoms with E-state index in [2.05, 4.69) is 30.9 Å². The van der Waals surface area contributed by atoms with Gasteiger partial charge in [0.15, 0.2) is 11.6 Å². The molecule has 3 aromatic heterocycles. The Hall–Kier alpha value is -3.14. The van der Waals surface area contributed by atoms with Crippen LogP contribution < -0.4 is 10.6 Å². The number of anilines is 2. The van der Waals surface area contributed by atoms with Crippen molar-refractivity contribution in [2.45, 2.75) is 64.2 Å². The van der Waals surface area contributed by atoms with Gasteiger partial charge in [-0.15, -0.1) is 0 Å². The summed E-state index contributed by atoms with van der Waals surface area (Å²) in [5.41, 5.74) is 2.33. The van der Waals surface area contributed by atoms with Gasteiger partial charge in [0, 0.05) is 36.1 Å². The molecule has 1 aliphatic rings. The molecule has 10 nitrogen and oxygen atoms in total. The van der Waals surface area contributed by atoms with Crippen molar-refractivity contribution in [1.82, 2.24) is 30.1 Å². The van der Waals surface area contributed by atoms with Crippen LogP contribution in [0.3, 0.4) is 0 Å². The van der Waals surface area contributed by atoms with Crippen molar-refractivity contribution in [2.75, 3.05) is 5.32 Å². The summed E-state index contributed by atoms with van der Waals surface area (Å²) in [6, 6.07) is 3.81. The molecule has 1 saturated carbocycles. The lowest BCUT2D eigenvalue weighted by atomic mass is 10.0. The number of carbonyl (C=O) groups is 1. The summed E-state index contributed by atoms with van der Waals surface area (Å²) in [6.45, 7) is 5.48. The minimum absolute atomic E-state index is 0.0569. The lowest BCUT2D eigenvalue weighted by Gasteiger charge is -2.14. The number of hydrogen-bond acceptors (Lipinski definition) is 7. The van der Waals surface area contributed by atoms with E-state index in [4.69, 9.17) is 4.74 Å². The summed E-state index contributed by atoms with van der Waals surface area (Å²) in [5.74, 6) is 1.51. The Balaban J connectivity index is 1.42. The van der Waals surface area contributed by atoms with Crippen molar-refractivity contribution in [2.24, 2.45) is 0 Å². The molecule has 4 N–H and O–H groups in total. The van der Waals surface area contributed by atoms with Crippen molar-refractivity contribution in [1.29, 1.82) is 0 Å². The molecule has 0 spiro atoms. The van der Waals surface area contributed by atoms with E-state index in [1.54, 1.807) is 29.9 Å². The molecule has 1 amide bonds. The van der Waals surface area contributed by atoms with Crippen LogP contribution in [0.2, 0.25) is 0 Å². The number of aliphatic hydroxyl groups is 1. The van der Waals surface area contributed by atoms with E-state index < -0.39 is 6.10 Å². The number of nitrogens with zero attached hydrogens (tertiary/aromatic N) is 4. The molecular weight excluding hydrogens is 386 g/mol. The van der Waals surface area contributed by atoms with Crippen LogP contribution in [0, 0.1) is 0 Å². The Labute approximate surface area is 174 Å². The molecule has 0 aliphatic heterocycles. The summed E-state index contributed by atoms with van der Waals surface area (Å²) in [4.78, 5) is 16.2. The second-order valence-electron chi connectivity index (χ2n) is 8.02. The molecule has 3 heterocycles. The lowest BCUT2D eigenvalue weighted by Crippen LogP contribution is -2.33. The molecule has 0 radical (unpaired) electrons. The van der Waals surface area contributed by atoms with Gasteiger partial charge >= 0.3 is 6.09 Å². The number of fused-ring (bicyclic) bond motifs is 1. The lowest BCUT2D eigenvalue weighted by molar-refractivity contribution is 0.0981. The number of hydrogen-bond donors (Lipinski definition) is 4. The van der Waals surface area contributed by atoms with Gasteiger partial charge in [0.25, 0.3) is 0 Å². The van der Waals surface area contributed by atoms with Gasteiger partial charge in [0.05, 0.1) is 11.8 Å². The summed E-state index contributed by atoms with van der Waals surface area (Å²) in [7, 11) is 0. The molecule has 3 aromatic rings. The number of carbonyl (C=O) groups excluding carboxylic acids is 1. The standard InChI is InChI=1S/C20H27N7O3/c1-11(2)22-20(29)30-14-5-4-13(8-14)16-10-18(25-24-16)23-19-17-9-15(12(3)28)26-27(17)7-6-21-19/h6-7,9-14,28H,4-5,8H2,1-3H3,(H,22,29)(H2,21,23,24,25)/t12-,13-,14+/m0/s1. The molecule has 0 unspecified atom stereocenters. The van der Waals surface area contributed by atoms with Gasteiger partial charge in [0.1, 0.15) is 11.6 Å². The van der Waals surface area contributed by atoms with E-state index in [1.165, 1.54) is 0 Å². The molecule has 160 valence electrons. The van der Waals surface area contributed by atoms with Crippen LogP contribution in [0.25, 0.3) is 5.52 Å². The first-order valence-electron chi connectivity index (χ1n) is 10.2. The zero-order chi connectivity index (χ0) is 21.3. The number of aromatic nitrogens is 5. The average Bonchev–Trinajstić information content (AvgIpc) is 3.39. The van der Waals surface area contributed by atoms with E-state index >= 15 is 0 Å². The Morgan fingerprint density at radius 3 is 2.93 bits per heavy atom. The Kier molecular flexibility index (Phi) is 5.58. The van der Waals surface area contributed by atoms with Gasteiger partial charge in [-0.25, -0.2) is 14.3 Å². The molecular formula is C20H27N7O3. The third-order valence-corrected chi connectivity index (χ3v) is 5.19. The summed E-state index contributed by atoms with van der Waals surface area (Å²) in [5, 5.41) is 27.5. The Bertz CT molecular complexity index is 1030. The highest BCUT2D eigenvalue weighted by atomic mass is 16.6. The van der Waals surface area contributed by atoms with Crippen LogP contribution in [0.15, 0.2) is 24.5 Å². The van der Waals surface area contributed by atoms with Crippen LogP contribution in [0.4, 0.5) is 16.4 Å². The van der Waals surface area contributed by atoms with Gasteiger partial charge in [-0.1, -0.05) is 0 Å². The first-order chi connectivity index (χ1) is 14.4. The zero-order valence-electron chi connectivity index (χ0n) is 17.3. The van der Waals surface area contributed by atoms with E-state index in [1.807, 2.05) is 19.9 Å². The highest BCUT2D eigenvalue weighted by molar-refractivity contribution is 5.72. The maximum absolute atomic E-state index is 11.8. The maximum Gasteiger partial charge on any atom is 0.407 e. The van der Waals surface area contributed by atoms with Crippen LogP contribution in [0.1, 0.15) is 63.4 Å². The third-order valence-electron chi connectivity index (χ3n) is 5.19. The minimum Gasteiger partial charge on any atom is -0.446 e. The first-order valence-corrected chi connectivity index (χ1v) is 10.2. The molecule has 30 heavy (non-hydrogen) atoms. The molecule has 3 atom stereocenters. The zero-order valence-corrected chi connectivity index (χ0v) is 17.3. The molecule has 0 bridgehead atoms. The minimum atomic E-state index is -0.658. The van der Waals surface area contributed by atoms with Gasteiger partial charge in [-0.3, -0.25) is 5.10 Å². The predicted molar refractivity (Wildman–Crippen MR) is 111 cm³/mol. The number of rotatable bonds is 6. The third kappa shape index (κ3) is 4.38. The number of amides is 1. The van der Waals surface area contributed by atoms with Gasteiger partial charge in [0.2, 0.25) is 0 Å². The number of H-pyrrole nitrogens is 1. The molecule has 1 aliphatic carbocycles. The molecule has 10 heteroatoms. The highest BCUT2D eigenvalue weighted by Gasteiger charge is 2.30. The normalized spacial score (nSPS) is 19.9. The van der Waals surface area contributed by atoms with E-state index in [0.717, 1.165) is 30.5 Å². The number of ether oxygens (including phenoxy) is 1. The monoisotopic (exact) mass is 413 g/mol. The molecule has 1 fully saturated rings. The predicted octanol–water partition coefficient (Wildman–Crippen LogP) is 3.02. The Morgan fingerprint density at radius 2 is 2.17 bits per heavy atom. The van der Waals surface area contributed by atoms with Crippen molar-refractivity contribution in [3.63, 3.8) is 0 Å². The van der Waals surface area contributed by atoms with Crippen molar-refractivity contribution in [3.05, 3.63) is 35.9 Å². The van der Waals surface area contributed by atoms with Crippen LogP contribution >= 0.6 is 0 Å². The van der Waals surface area contributed by atoms with E-state index in [9.17, 15) is 9.90 Å². The highest BCUT2D eigenvalue weighted by Crippen LogP contribution is 2.36. The quantitative estimate of drug-likeness (QED) is 0.489. The first kappa shape index (κ1) is 20.1. The smallest absolute Gasteiger partial charge is 0.407 e. The second-order valence-corrected chi connectivity index (χ2v) is 8.02. The number of aromatic amines is 1. The van der Waals surface area contributed by atoms with E-state index in [0.29, 0.717) is 17.3 Å². The summed E-state index contributed by atoms with van der Waals surface area (Å²) < 4.78 is 7.18. The van der Waals surface area contributed by atoms with Crippen LogP contribution in [0.5, 0.6) is 0 Å².